The Balaban J connectivity index is 1.59. The molecule has 0 saturated carbocycles. The number of aromatic nitrogens is 2. The van der Waals surface area contributed by atoms with E-state index in [1.807, 2.05) is 4.90 Å². The predicted molar refractivity (Wildman–Crippen MR) is 87.1 cm³/mol. The number of ether oxygens (including phenoxy) is 1. The summed E-state index contributed by atoms with van der Waals surface area (Å²) in [6, 6.07) is 2.88. The van der Waals surface area contributed by atoms with Crippen molar-refractivity contribution in [2.75, 3.05) is 31.2 Å². The number of hydrogen-bond donors (Lipinski definition) is 3. The highest BCUT2D eigenvalue weighted by atomic mass is 32.1. The molecule has 3 N–H and O–H groups in total. The maximum Gasteiger partial charge on any atom is 0.289 e. The molecule has 0 atom stereocenters. The molecule has 0 aromatic carbocycles. The molecule has 126 valence electrons. The van der Waals surface area contributed by atoms with E-state index in [2.05, 4.69) is 20.8 Å². The van der Waals surface area contributed by atoms with Crippen molar-refractivity contribution in [1.82, 2.24) is 20.8 Å². The smallest absolute Gasteiger partial charge is 0.289 e. The van der Waals surface area contributed by atoms with Crippen molar-refractivity contribution < 1.29 is 14.3 Å². The number of nitrogens with one attached hydrogen (secondary N) is 3. The van der Waals surface area contributed by atoms with Crippen LogP contribution in [0.25, 0.3) is 0 Å². The summed E-state index contributed by atoms with van der Waals surface area (Å²) in [5.74, 6) is -1.25. The van der Waals surface area contributed by atoms with Crippen molar-refractivity contribution in [3.8, 4) is 0 Å². The molecular formula is C14H15N5O4S. The largest absolute Gasteiger partial charge is 0.378 e. The molecule has 10 heteroatoms. The fourth-order valence-corrected chi connectivity index (χ4v) is 2.97. The fraction of sp³-hybridized carbons (Fsp3) is 0.286. The Bertz CT molecular complexity index is 796. The summed E-state index contributed by atoms with van der Waals surface area (Å²) in [5, 5.41) is 2.34. The van der Waals surface area contributed by atoms with Gasteiger partial charge in [0.2, 0.25) is 0 Å². The average molecular weight is 349 g/mol. The van der Waals surface area contributed by atoms with Gasteiger partial charge in [0.1, 0.15) is 11.3 Å². The number of hydrogen-bond acceptors (Lipinski definition) is 7. The van der Waals surface area contributed by atoms with Gasteiger partial charge in [-0.05, 0) is 12.1 Å². The van der Waals surface area contributed by atoms with Crippen LogP contribution in [-0.4, -0.2) is 48.1 Å². The second kappa shape index (κ2) is 7.23. The lowest BCUT2D eigenvalue weighted by Gasteiger charge is -2.25. The minimum Gasteiger partial charge on any atom is -0.378 e. The highest BCUT2D eigenvalue weighted by Crippen LogP contribution is 2.21. The molecule has 0 spiro atoms. The second-order valence-corrected chi connectivity index (χ2v) is 5.77. The van der Waals surface area contributed by atoms with E-state index in [0.29, 0.717) is 13.2 Å². The number of rotatable bonds is 3. The van der Waals surface area contributed by atoms with Gasteiger partial charge in [-0.1, -0.05) is 0 Å². The Morgan fingerprint density at radius 3 is 2.75 bits per heavy atom. The van der Waals surface area contributed by atoms with Gasteiger partial charge in [0.05, 0.1) is 13.2 Å². The lowest BCUT2D eigenvalue weighted by atomic mass is 10.3. The van der Waals surface area contributed by atoms with Gasteiger partial charge >= 0.3 is 0 Å². The topological polar surface area (TPSA) is 116 Å². The van der Waals surface area contributed by atoms with Crippen molar-refractivity contribution >= 4 is 28.3 Å². The van der Waals surface area contributed by atoms with Crippen LogP contribution in [0.3, 0.4) is 0 Å². The first-order chi connectivity index (χ1) is 11.6. The zero-order valence-corrected chi connectivity index (χ0v) is 13.4. The number of thiazole rings is 1. The van der Waals surface area contributed by atoms with Crippen LogP contribution in [-0.2, 0) is 4.74 Å². The normalized spacial score (nSPS) is 14.2. The third kappa shape index (κ3) is 3.60. The van der Waals surface area contributed by atoms with Crippen molar-refractivity contribution in [3.63, 3.8) is 0 Å². The van der Waals surface area contributed by atoms with Gasteiger partial charge < -0.3 is 14.6 Å². The lowest BCUT2D eigenvalue weighted by molar-refractivity contribution is 0.0843. The van der Waals surface area contributed by atoms with Crippen LogP contribution in [0, 0.1) is 0 Å². The molecule has 0 radical (unpaired) electrons. The van der Waals surface area contributed by atoms with Crippen LogP contribution in [0.2, 0.25) is 0 Å². The average Bonchev–Trinajstić information content (AvgIpc) is 3.11. The zero-order chi connectivity index (χ0) is 16.9. The first-order valence-corrected chi connectivity index (χ1v) is 8.10. The molecule has 0 unspecified atom stereocenters. The Labute approximate surface area is 140 Å². The fourth-order valence-electron chi connectivity index (χ4n) is 2.11. The summed E-state index contributed by atoms with van der Waals surface area (Å²) in [4.78, 5) is 44.1. The molecule has 2 amide bonds. The summed E-state index contributed by atoms with van der Waals surface area (Å²) in [6.45, 7) is 2.70. The third-order valence-electron chi connectivity index (χ3n) is 3.36. The molecule has 1 fully saturated rings. The molecule has 3 heterocycles. The van der Waals surface area contributed by atoms with Gasteiger partial charge in [-0.3, -0.25) is 25.2 Å². The first-order valence-electron chi connectivity index (χ1n) is 7.22. The van der Waals surface area contributed by atoms with Crippen LogP contribution >= 0.6 is 11.3 Å². The highest BCUT2D eigenvalue weighted by Gasteiger charge is 2.18. The van der Waals surface area contributed by atoms with Gasteiger partial charge in [0.15, 0.2) is 5.13 Å². The Kier molecular flexibility index (Phi) is 4.87. The Morgan fingerprint density at radius 1 is 1.25 bits per heavy atom. The summed E-state index contributed by atoms with van der Waals surface area (Å²) < 4.78 is 5.27. The first kappa shape index (κ1) is 16.1. The molecule has 0 aliphatic carbocycles. The Morgan fingerprint density at radius 2 is 2.00 bits per heavy atom. The lowest BCUT2D eigenvalue weighted by Crippen LogP contribution is -2.43. The maximum atomic E-state index is 12.1. The molecule has 2 aromatic rings. The second-order valence-electron chi connectivity index (χ2n) is 4.94. The van der Waals surface area contributed by atoms with E-state index in [4.69, 9.17) is 4.74 Å². The van der Waals surface area contributed by atoms with Crippen molar-refractivity contribution in [1.29, 1.82) is 0 Å². The van der Waals surface area contributed by atoms with Crippen molar-refractivity contribution in [2.45, 2.75) is 0 Å². The van der Waals surface area contributed by atoms with Gasteiger partial charge in [-0.2, -0.15) is 0 Å². The molecule has 1 aliphatic rings. The molecule has 1 saturated heterocycles. The summed E-state index contributed by atoms with van der Waals surface area (Å²) in [7, 11) is 0. The number of H-pyrrole nitrogens is 1. The SMILES string of the molecule is O=C(NNC(=O)c1ccc[nH]c1=O)c1csc(N2CCOCC2)n1. The summed E-state index contributed by atoms with van der Waals surface area (Å²) in [6.07, 6.45) is 1.42. The number of carbonyl (C=O) groups is 2. The number of nitrogens with zero attached hydrogens (tertiary/aromatic N) is 2. The number of pyridine rings is 1. The number of hydrazine groups is 1. The number of aromatic amines is 1. The van der Waals surface area contributed by atoms with Crippen LogP contribution in [0.4, 0.5) is 5.13 Å². The quantitative estimate of drug-likeness (QED) is 0.658. The third-order valence-corrected chi connectivity index (χ3v) is 4.26. The van der Waals surface area contributed by atoms with E-state index in [0.717, 1.165) is 18.2 Å². The number of amides is 2. The van der Waals surface area contributed by atoms with E-state index in [1.165, 1.54) is 29.7 Å². The molecule has 24 heavy (non-hydrogen) atoms. The van der Waals surface area contributed by atoms with Crippen LogP contribution in [0.15, 0.2) is 28.5 Å². The van der Waals surface area contributed by atoms with Gasteiger partial charge in [-0.15, -0.1) is 11.3 Å². The zero-order valence-electron chi connectivity index (χ0n) is 12.6. The molecule has 1 aliphatic heterocycles. The predicted octanol–water partition coefficient (Wildman–Crippen LogP) is -0.257. The van der Waals surface area contributed by atoms with Crippen LogP contribution in [0.1, 0.15) is 20.8 Å². The molecule has 9 nitrogen and oxygen atoms in total. The van der Waals surface area contributed by atoms with E-state index >= 15 is 0 Å². The summed E-state index contributed by atoms with van der Waals surface area (Å²) in [5.41, 5.74) is 4.02. The van der Waals surface area contributed by atoms with Gasteiger partial charge in [-0.25, -0.2) is 4.98 Å². The van der Waals surface area contributed by atoms with Crippen molar-refractivity contribution in [3.05, 3.63) is 45.3 Å². The van der Waals surface area contributed by atoms with Crippen LogP contribution in [0.5, 0.6) is 0 Å². The van der Waals surface area contributed by atoms with Gasteiger partial charge in [0.25, 0.3) is 17.4 Å². The molecular weight excluding hydrogens is 334 g/mol. The van der Waals surface area contributed by atoms with E-state index < -0.39 is 17.4 Å². The number of morpholine rings is 1. The van der Waals surface area contributed by atoms with E-state index in [9.17, 15) is 14.4 Å². The Hall–Kier alpha value is -2.72. The molecule has 3 rings (SSSR count). The van der Waals surface area contributed by atoms with Crippen LogP contribution < -0.4 is 21.3 Å². The number of anilines is 1. The minimum atomic E-state index is -0.700. The van der Waals surface area contributed by atoms with Crippen molar-refractivity contribution in [2.24, 2.45) is 0 Å². The molecule has 2 aromatic heterocycles. The van der Waals surface area contributed by atoms with E-state index in [1.54, 1.807) is 5.38 Å². The van der Waals surface area contributed by atoms with E-state index in [-0.39, 0.29) is 11.3 Å². The highest BCUT2D eigenvalue weighted by molar-refractivity contribution is 7.13. The van der Waals surface area contributed by atoms with Gasteiger partial charge in [0, 0.05) is 24.7 Å². The molecule has 0 bridgehead atoms. The maximum absolute atomic E-state index is 12.1. The summed E-state index contributed by atoms with van der Waals surface area (Å²) >= 11 is 1.35. The standard InChI is InChI=1S/C14H15N5O4S/c20-11-9(2-1-3-15-11)12(21)17-18-13(22)10-8-24-14(16-10)19-4-6-23-7-5-19/h1-3,8H,4-7H2,(H,15,20)(H,17,21)(H,18,22). The minimum absolute atomic E-state index is 0.0925. The monoisotopic (exact) mass is 349 g/mol. The number of carbonyl (C=O) groups excluding carboxylic acids is 2.